The van der Waals surface area contributed by atoms with E-state index in [0.29, 0.717) is 11.3 Å². The molecule has 118 valence electrons. The second-order valence-corrected chi connectivity index (χ2v) is 5.04. The summed E-state index contributed by atoms with van der Waals surface area (Å²) < 4.78 is 10.6. The van der Waals surface area contributed by atoms with E-state index in [-0.39, 0.29) is 23.8 Å². The first-order valence-electron chi connectivity index (χ1n) is 7.19. The Hall–Kier alpha value is -3.02. The number of rotatable bonds is 3. The molecule has 0 bridgehead atoms. The van der Waals surface area contributed by atoms with Gasteiger partial charge in [0.1, 0.15) is 17.1 Å². The number of fused-ring (bicyclic) bond motifs is 1. The van der Waals surface area contributed by atoms with Gasteiger partial charge in [-0.3, -0.25) is 4.98 Å². The summed E-state index contributed by atoms with van der Waals surface area (Å²) in [7, 11) is 0. The minimum Gasteiger partial charge on any atom is -0.508 e. The third-order valence-electron chi connectivity index (χ3n) is 3.60. The van der Waals surface area contributed by atoms with Crippen molar-refractivity contribution in [1.82, 2.24) is 4.98 Å². The van der Waals surface area contributed by atoms with Crippen LogP contribution in [0.2, 0.25) is 0 Å². The first-order chi connectivity index (χ1) is 11.1. The number of esters is 1. The summed E-state index contributed by atoms with van der Waals surface area (Å²) in [6, 6.07) is 8.34. The van der Waals surface area contributed by atoms with E-state index in [1.165, 1.54) is 12.1 Å². The van der Waals surface area contributed by atoms with E-state index in [1.54, 1.807) is 31.5 Å². The molecule has 0 spiro atoms. The second-order valence-electron chi connectivity index (χ2n) is 5.04. The van der Waals surface area contributed by atoms with Gasteiger partial charge in [-0.15, -0.1) is 0 Å². The molecule has 1 aliphatic heterocycles. The number of phenolic OH excluding ortho intramolecular Hbond substituents is 1. The predicted molar refractivity (Wildman–Crippen MR) is 82.7 cm³/mol. The number of aromatic nitrogens is 1. The lowest BCUT2D eigenvalue weighted by molar-refractivity contribution is -0.139. The lowest BCUT2D eigenvalue weighted by atomic mass is 9.83. The minimum atomic E-state index is -0.530. The monoisotopic (exact) mass is 312 g/mol. The Kier molecular flexibility index (Phi) is 3.89. The van der Waals surface area contributed by atoms with Crippen molar-refractivity contribution < 1.29 is 19.4 Å². The van der Waals surface area contributed by atoms with Crippen molar-refractivity contribution in [2.45, 2.75) is 12.8 Å². The number of carbonyl (C=O) groups excluding carboxylic acids is 1. The fourth-order valence-corrected chi connectivity index (χ4v) is 2.64. The second kappa shape index (κ2) is 6.00. The minimum absolute atomic E-state index is 0.0320. The number of hydrogen-bond donors (Lipinski definition) is 2. The Bertz CT molecular complexity index is 771. The van der Waals surface area contributed by atoms with Crippen molar-refractivity contribution in [1.29, 1.82) is 0 Å². The van der Waals surface area contributed by atoms with Gasteiger partial charge in [0, 0.05) is 24.0 Å². The molecule has 6 heteroatoms. The molecular formula is C17H16N2O4. The Morgan fingerprint density at radius 3 is 2.96 bits per heavy atom. The highest BCUT2D eigenvalue weighted by Crippen LogP contribution is 2.43. The van der Waals surface area contributed by atoms with Gasteiger partial charge in [-0.1, -0.05) is 12.1 Å². The van der Waals surface area contributed by atoms with Crippen molar-refractivity contribution in [3.05, 3.63) is 65.3 Å². The number of nitrogens with zero attached hydrogens (tertiary/aromatic N) is 1. The Labute approximate surface area is 133 Å². The summed E-state index contributed by atoms with van der Waals surface area (Å²) in [6.45, 7) is 1.96. The fourth-order valence-electron chi connectivity index (χ4n) is 2.64. The van der Waals surface area contributed by atoms with Crippen LogP contribution in [-0.2, 0) is 9.53 Å². The maximum absolute atomic E-state index is 12.4. The Morgan fingerprint density at radius 1 is 1.43 bits per heavy atom. The van der Waals surface area contributed by atoms with Crippen molar-refractivity contribution in [3.8, 4) is 11.5 Å². The molecule has 23 heavy (non-hydrogen) atoms. The zero-order chi connectivity index (χ0) is 16.4. The average molecular weight is 312 g/mol. The molecule has 0 fully saturated rings. The zero-order valence-electron chi connectivity index (χ0n) is 12.5. The summed E-state index contributed by atoms with van der Waals surface area (Å²) >= 11 is 0. The number of hydrogen-bond acceptors (Lipinski definition) is 6. The molecule has 1 atom stereocenters. The highest BCUT2D eigenvalue weighted by Gasteiger charge is 2.35. The molecule has 3 N–H and O–H groups in total. The van der Waals surface area contributed by atoms with Gasteiger partial charge in [-0.25, -0.2) is 4.79 Å². The summed E-state index contributed by atoms with van der Waals surface area (Å²) in [5.41, 5.74) is 7.69. The molecule has 0 saturated heterocycles. The van der Waals surface area contributed by atoms with Gasteiger partial charge in [0.05, 0.1) is 12.5 Å². The van der Waals surface area contributed by atoms with Gasteiger partial charge in [-0.2, -0.15) is 0 Å². The predicted octanol–water partition coefficient (Wildman–Crippen LogP) is 2.04. The Morgan fingerprint density at radius 2 is 2.26 bits per heavy atom. The molecule has 0 unspecified atom stereocenters. The van der Waals surface area contributed by atoms with E-state index in [1.807, 2.05) is 6.07 Å². The van der Waals surface area contributed by atoms with Crippen molar-refractivity contribution in [3.63, 3.8) is 0 Å². The molecule has 0 radical (unpaired) electrons. The molecule has 3 rings (SSSR count). The Balaban J connectivity index is 2.18. The van der Waals surface area contributed by atoms with Crippen molar-refractivity contribution in [2.24, 2.45) is 5.73 Å². The fraction of sp³-hybridized carbons (Fsp3) is 0.176. The molecule has 6 nitrogen and oxygen atoms in total. The standard InChI is InChI=1S/C17H16N2O4/c1-2-22-17(21)15-14(10-4-3-7-19-9-10)12-6-5-11(20)8-13(12)23-16(15)18/h3-9,14,20H,2,18H2,1H3/t14-/m1/s1. The number of pyridine rings is 1. The van der Waals surface area contributed by atoms with E-state index < -0.39 is 11.9 Å². The SMILES string of the molecule is CCOC(=O)C1=C(N)Oc2cc(O)ccc2[C@H]1c1cccnc1. The number of phenols is 1. The smallest absolute Gasteiger partial charge is 0.340 e. The van der Waals surface area contributed by atoms with Crippen molar-refractivity contribution >= 4 is 5.97 Å². The number of aromatic hydroxyl groups is 1. The van der Waals surface area contributed by atoms with Gasteiger partial charge in [-0.05, 0) is 24.6 Å². The molecular weight excluding hydrogens is 296 g/mol. The first kappa shape index (κ1) is 14.9. The first-order valence-corrected chi connectivity index (χ1v) is 7.19. The molecule has 2 heterocycles. The van der Waals surface area contributed by atoms with Crippen LogP contribution in [0, 0.1) is 0 Å². The molecule has 1 aromatic carbocycles. The molecule has 0 saturated carbocycles. The van der Waals surface area contributed by atoms with Crippen LogP contribution >= 0.6 is 0 Å². The van der Waals surface area contributed by atoms with Crippen LogP contribution < -0.4 is 10.5 Å². The third-order valence-corrected chi connectivity index (χ3v) is 3.60. The molecule has 0 aliphatic carbocycles. The van der Waals surface area contributed by atoms with Crippen LogP contribution in [0.15, 0.2) is 54.2 Å². The highest BCUT2D eigenvalue weighted by atomic mass is 16.5. The number of carbonyl (C=O) groups is 1. The van der Waals surface area contributed by atoms with Gasteiger partial charge >= 0.3 is 5.97 Å². The van der Waals surface area contributed by atoms with Crippen LogP contribution in [0.1, 0.15) is 24.0 Å². The maximum atomic E-state index is 12.4. The van der Waals surface area contributed by atoms with E-state index in [9.17, 15) is 9.90 Å². The third kappa shape index (κ3) is 2.70. The molecule has 0 amide bonds. The highest BCUT2D eigenvalue weighted by molar-refractivity contribution is 5.92. The summed E-state index contributed by atoms with van der Waals surface area (Å²) in [5.74, 6) is -0.564. The van der Waals surface area contributed by atoms with Crippen LogP contribution in [0.3, 0.4) is 0 Å². The maximum Gasteiger partial charge on any atom is 0.340 e. The van der Waals surface area contributed by atoms with Crippen LogP contribution in [0.4, 0.5) is 0 Å². The van der Waals surface area contributed by atoms with Crippen LogP contribution in [0.25, 0.3) is 0 Å². The lowest BCUT2D eigenvalue weighted by Gasteiger charge is -2.28. The lowest BCUT2D eigenvalue weighted by Crippen LogP contribution is -2.27. The van der Waals surface area contributed by atoms with Gasteiger partial charge in [0.15, 0.2) is 0 Å². The molecule has 1 aliphatic rings. The topological polar surface area (TPSA) is 94.7 Å². The van der Waals surface area contributed by atoms with E-state index >= 15 is 0 Å². The van der Waals surface area contributed by atoms with Gasteiger partial charge < -0.3 is 20.3 Å². The quantitative estimate of drug-likeness (QED) is 0.842. The van der Waals surface area contributed by atoms with Gasteiger partial charge in [0.2, 0.25) is 5.88 Å². The molecule has 1 aromatic heterocycles. The van der Waals surface area contributed by atoms with Crippen LogP contribution in [0.5, 0.6) is 11.5 Å². The summed E-state index contributed by atoms with van der Waals surface area (Å²) in [6.07, 6.45) is 3.32. The normalized spacial score (nSPS) is 16.5. The van der Waals surface area contributed by atoms with Crippen molar-refractivity contribution in [2.75, 3.05) is 6.61 Å². The zero-order valence-corrected chi connectivity index (χ0v) is 12.5. The van der Waals surface area contributed by atoms with Crippen LogP contribution in [-0.4, -0.2) is 22.7 Å². The van der Waals surface area contributed by atoms with E-state index in [4.69, 9.17) is 15.2 Å². The summed E-state index contributed by atoms with van der Waals surface area (Å²) in [5, 5.41) is 9.65. The number of ether oxygens (including phenoxy) is 2. The molecule has 2 aromatic rings. The largest absolute Gasteiger partial charge is 0.508 e. The van der Waals surface area contributed by atoms with Gasteiger partial charge in [0.25, 0.3) is 0 Å². The number of benzene rings is 1. The van der Waals surface area contributed by atoms with E-state index in [0.717, 1.165) is 5.56 Å². The average Bonchev–Trinajstić information content (AvgIpc) is 2.54. The van der Waals surface area contributed by atoms with E-state index in [2.05, 4.69) is 4.98 Å². The number of nitrogens with two attached hydrogens (primary N) is 1. The summed E-state index contributed by atoms with van der Waals surface area (Å²) in [4.78, 5) is 16.5.